The zero-order valence-corrected chi connectivity index (χ0v) is 10.9. The molecule has 3 nitrogen and oxygen atoms in total. The van der Waals surface area contributed by atoms with E-state index in [1.165, 1.54) is 0 Å². The molecular formula is C15H21NO2. The zero-order chi connectivity index (χ0) is 13.2. The molecule has 1 aliphatic rings. The van der Waals surface area contributed by atoms with E-state index in [0.717, 1.165) is 30.4 Å². The van der Waals surface area contributed by atoms with E-state index in [2.05, 4.69) is 6.92 Å². The van der Waals surface area contributed by atoms with E-state index >= 15 is 0 Å². The number of fused-ring (bicyclic) bond motifs is 1. The highest BCUT2D eigenvalue weighted by Crippen LogP contribution is 2.47. The highest BCUT2D eigenvalue weighted by atomic mass is 16.4. The molecule has 2 unspecified atom stereocenters. The minimum atomic E-state index is -0.793. The van der Waals surface area contributed by atoms with Gasteiger partial charge in [-0.15, -0.1) is 0 Å². The highest BCUT2D eigenvalue weighted by Gasteiger charge is 2.49. The maximum absolute atomic E-state index is 11.7. The van der Waals surface area contributed by atoms with Gasteiger partial charge in [0.1, 0.15) is 0 Å². The van der Waals surface area contributed by atoms with Crippen molar-refractivity contribution >= 4 is 5.97 Å². The molecule has 2 rings (SSSR count). The van der Waals surface area contributed by atoms with Crippen LogP contribution in [0.25, 0.3) is 0 Å². The van der Waals surface area contributed by atoms with Crippen molar-refractivity contribution in [2.75, 3.05) is 0 Å². The van der Waals surface area contributed by atoms with Crippen molar-refractivity contribution in [2.45, 2.75) is 45.1 Å². The van der Waals surface area contributed by atoms with Crippen LogP contribution in [0, 0.1) is 5.41 Å². The molecule has 0 aromatic heterocycles. The SMILES string of the molecule is CCCCCC1(C(=O)O)Cc2ccccc2C1N. The molecule has 0 amide bonds. The number of nitrogens with two attached hydrogens (primary N) is 1. The fourth-order valence-electron chi connectivity index (χ4n) is 3.00. The van der Waals surface area contributed by atoms with Gasteiger partial charge in [-0.05, 0) is 24.0 Å². The topological polar surface area (TPSA) is 63.3 Å². The molecule has 0 radical (unpaired) electrons. The summed E-state index contributed by atoms with van der Waals surface area (Å²) in [4.78, 5) is 11.7. The number of carboxylic acids is 1. The van der Waals surface area contributed by atoms with Gasteiger partial charge in [-0.25, -0.2) is 0 Å². The zero-order valence-electron chi connectivity index (χ0n) is 10.9. The predicted molar refractivity (Wildman–Crippen MR) is 71.3 cm³/mol. The third-order valence-electron chi connectivity index (χ3n) is 4.14. The summed E-state index contributed by atoms with van der Waals surface area (Å²) >= 11 is 0. The fourth-order valence-corrected chi connectivity index (χ4v) is 3.00. The van der Waals surface area contributed by atoms with E-state index in [4.69, 9.17) is 5.73 Å². The summed E-state index contributed by atoms with van der Waals surface area (Å²) in [5.74, 6) is -0.748. The van der Waals surface area contributed by atoms with E-state index < -0.39 is 11.4 Å². The molecule has 2 atom stereocenters. The van der Waals surface area contributed by atoms with E-state index in [1.54, 1.807) is 0 Å². The van der Waals surface area contributed by atoms with E-state index in [9.17, 15) is 9.90 Å². The normalized spacial score (nSPS) is 26.0. The molecule has 0 heterocycles. The summed E-state index contributed by atoms with van der Waals surface area (Å²) in [7, 11) is 0. The van der Waals surface area contributed by atoms with Gasteiger partial charge in [0.2, 0.25) is 0 Å². The predicted octanol–water partition coefficient (Wildman–Crippen LogP) is 2.89. The number of benzene rings is 1. The number of hydrogen-bond acceptors (Lipinski definition) is 2. The second-order valence-corrected chi connectivity index (χ2v) is 5.27. The van der Waals surface area contributed by atoms with Crippen molar-refractivity contribution in [3.8, 4) is 0 Å². The first kappa shape index (κ1) is 13.1. The van der Waals surface area contributed by atoms with Gasteiger partial charge in [0.25, 0.3) is 0 Å². The summed E-state index contributed by atoms with van der Waals surface area (Å²) < 4.78 is 0. The van der Waals surface area contributed by atoms with Gasteiger partial charge in [-0.3, -0.25) is 4.79 Å². The van der Waals surface area contributed by atoms with Crippen molar-refractivity contribution < 1.29 is 9.90 Å². The summed E-state index contributed by atoms with van der Waals surface area (Å²) in [6.45, 7) is 2.12. The number of carbonyl (C=O) groups is 1. The second-order valence-electron chi connectivity index (χ2n) is 5.27. The van der Waals surface area contributed by atoms with Crippen molar-refractivity contribution in [3.05, 3.63) is 35.4 Å². The standard InChI is InChI=1S/C15H21NO2/c1-2-3-6-9-15(14(17)18)10-11-7-4-5-8-12(11)13(15)16/h4-5,7-8,13H,2-3,6,9-10,16H2,1H3,(H,17,18). The lowest BCUT2D eigenvalue weighted by Gasteiger charge is -2.29. The quantitative estimate of drug-likeness (QED) is 0.786. The average Bonchev–Trinajstić information content (AvgIpc) is 2.65. The summed E-state index contributed by atoms with van der Waals surface area (Å²) in [5.41, 5.74) is 7.55. The highest BCUT2D eigenvalue weighted by molar-refractivity contribution is 5.78. The molecule has 1 aromatic carbocycles. The average molecular weight is 247 g/mol. The number of unbranched alkanes of at least 4 members (excludes halogenated alkanes) is 2. The lowest BCUT2D eigenvalue weighted by Crippen LogP contribution is -2.39. The van der Waals surface area contributed by atoms with Gasteiger partial charge in [0, 0.05) is 6.04 Å². The number of hydrogen-bond donors (Lipinski definition) is 2. The number of rotatable bonds is 5. The van der Waals surface area contributed by atoms with Gasteiger partial charge in [0.15, 0.2) is 0 Å². The molecule has 0 bridgehead atoms. The molecule has 1 aromatic rings. The van der Waals surface area contributed by atoms with Gasteiger partial charge >= 0.3 is 5.97 Å². The van der Waals surface area contributed by atoms with Gasteiger partial charge < -0.3 is 10.8 Å². The van der Waals surface area contributed by atoms with Crippen molar-refractivity contribution in [2.24, 2.45) is 11.1 Å². The summed E-state index contributed by atoms with van der Waals surface area (Å²) in [6, 6.07) is 7.48. The maximum atomic E-state index is 11.7. The van der Waals surface area contributed by atoms with E-state index in [0.29, 0.717) is 12.8 Å². The molecular weight excluding hydrogens is 226 g/mol. The Balaban J connectivity index is 2.26. The van der Waals surface area contributed by atoms with Gasteiger partial charge in [-0.1, -0.05) is 50.5 Å². The molecule has 18 heavy (non-hydrogen) atoms. The monoisotopic (exact) mass is 247 g/mol. The van der Waals surface area contributed by atoms with Crippen LogP contribution in [0.1, 0.15) is 49.8 Å². The third kappa shape index (κ3) is 2.03. The summed E-state index contributed by atoms with van der Waals surface area (Å²) in [5, 5.41) is 9.63. The second kappa shape index (κ2) is 5.11. The first-order valence-electron chi connectivity index (χ1n) is 6.68. The van der Waals surface area contributed by atoms with Crippen LogP contribution in [0.4, 0.5) is 0 Å². The van der Waals surface area contributed by atoms with Crippen LogP contribution in [0.3, 0.4) is 0 Å². The van der Waals surface area contributed by atoms with Crippen molar-refractivity contribution in [1.82, 2.24) is 0 Å². The van der Waals surface area contributed by atoms with Crippen LogP contribution in [-0.4, -0.2) is 11.1 Å². The Morgan fingerprint density at radius 2 is 2.17 bits per heavy atom. The van der Waals surface area contributed by atoms with Crippen LogP contribution < -0.4 is 5.73 Å². The molecule has 3 N–H and O–H groups in total. The molecule has 0 spiro atoms. The lowest BCUT2D eigenvalue weighted by atomic mass is 9.76. The first-order chi connectivity index (χ1) is 8.62. The fraction of sp³-hybridized carbons (Fsp3) is 0.533. The summed E-state index contributed by atoms with van der Waals surface area (Å²) in [6.07, 6.45) is 4.34. The molecule has 0 saturated carbocycles. The smallest absolute Gasteiger partial charge is 0.311 e. The number of carboxylic acid groups (broad SMARTS) is 1. The van der Waals surface area contributed by atoms with E-state index in [-0.39, 0.29) is 6.04 Å². The Kier molecular flexibility index (Phi) is 3.71. The van der Waals surface area contributed by atoms with E-state index in [1.807, 2.05) is 24.3 Å². The molecule has 98 valence electrons. The van der Waals surface area contributed by atoms with Crippen LogP contribution >= 0.6 is 0 Å². The molecule has 1 aliphatic carbocycles. The number of aliphatic carboxylic acids is 1. The third-order valence-corrected chi connectivity index (χ3v) is 4.14. The van der Waals surface area contributed by atoms with Crippen LogP contribution in [0.2, 0.25) is 0 Å². The Morgan fingerprint density at radius 1 is 1.44 bits per heavy atom. The Bertz CT molecular complexity index is 444. The maximum Gasteiger partial charge on any atom is 0.311 e. The van der Waals surface area contributed by atoms with Crippen molar-refractivity contribution in [3.63, 3.8) is 0 Å². The Hall–Kier alpha value is -1.35. The van der Waals surface area contributed by atoms with Crippen LogP contribution in [0.5, 0.6) is 0 Å². The molecule has 0 fully saturated rings. The van der Waals surface area contributed by atoms with Crippen molar-refractivity contribution in [1.29, 1.82) is 0 Å². The van der Waals surface area contributed by atoms with Gasteiger partial charge in [0.05, 0.1) is 5.41 Å². The van der Waals surface area contributed by atoms with Crippen LogP contribution in [0.15, 0.2) is 24.3 Å². The minimum absolute atomic E-state index is 0.372. The molecule has 0 aliphatic heterocycles. The first-order valence-corrected chi connectivity index (χ1v) is 6.68. The Labute approximate surface area is 108 Å². The van der Waals surface area contributed by atoms with Crippen LogP contribution in [-0.2, 0) is 11.2 Å². The molecule has 3 heteroatoms. The minimum Gasteiger partial charge on any atom is -0.481 e. The largest absolute Gasteiger partial charge is 0.481 e. The molecule has 0 saturated heterocycles. The van der Waals surface area contributed by atoms with Gasteiger partial charge in [-0.2, -0.15) is 0 Å². The Morgan fingerprint density at radius 3 is 2.78 bits per heavy atom. The lowest BCUT2D eigenvalue weighted by molar-refractivity contribution is -0.150.